The highest BCUT2D eigenvalue weighted by Gasteiger charge is 2.31. The maximum absolute atomic E-state index is 12.9. The second kappa shape index (κ2) is 7.93. The second-order valence-electron chi connectivity index (χ2n) is 6.12. The molecule has 1 aromatic heterocycles. The Morgan fingerprint density at radius 3 is 2.92 bits per heavy atom. The van der Waals surface area contributed by atoms with Crippen LogP contribution in [0.3, 0.4) is 0 Å². The summed E-state index contributed by atoms with van der Waals surface area (Å²) in [6, 6.07) is 6.11. The summed E-state index contributed by atoms with van der Waals surface area (Å²) in [4.78, 5) is 20.0. The van der Waals surface area contributed by atoms with Crippen molar-refractivity contribution in [2.24, 2.45) is 0 Å². The molecule has 0 radical (unpaired) electrons. The zero-order chi connectivity index (χ0) is 17.8. The zero-order valence-electron chi connectivity index (χ0n) is 14.4. The zero-order valence-corrected chi connectivity index (χ0v) is 15.2. The van der Waals surface area contributed by atoms with E-state index >= 15 is 0 Å². The lowest BCUT2D eigenvalue weighted by atomic mass is 10.2. The summed E-state index contributed by atoms with van der Waals surface area (Å²) >= 11 is 1.38. The van der Waals surface area contributed by atoms with Gasteiger partial charge in [0, 0.05) is 19.1 Å². The Hall–Kier alpha value is -1.99. The quantitative estimate of drug-likeness (QED) is 0.857. The van der Waals surface area contributed by atoms with Crippen molar-refractivity contribution in [2.45, 2.75) is 32.4 Å². The summed E-state index contributed by atoms with van der Waals surface area (Å²) in [6.07, 6.45) is 2.07. The Bertz CT molecular complexity index is 732. The van der Waals surface area contributed by atoms with Crippen LogP contribution in [0.25, 0.3) is 0 Å². The summed E-state index contributed by atoms with van der Waals surface area (Å²) in [5.74, 6) is 0.337. The Labute approximate surface area is 150 Å². The van der Waals surface area contributed by atoms with E-state index in [1.54, 1.807) is 12.1 Å². The van der Waals surface area contributed by atoms with Crippen molar-refractivity contribution in [1.29, 1.82) is 0 Å². The van der Waals surface area contributed by atoms with Crippen LogP contribution in [0, 0.1) is 12.7 Å². The van der Waals surface area contributed by atoms with Crippen molar-refractivity contribution in [3.63, 3.8) is 0 Å². The predicted octanol–water partition coefficient (Wildman–Crippen LogP) is 2.99. The van der Waals surface area contributed by atoms with E-state index in [1.165, 1.54) is 23.5 Å². The maximum atomic E-state index is 12.9. The van der Waals surface area contributed by atoms with Crippen molar-refractivity contribution in [1.82, 2.24) is 15.2 Å². The first-order valence-electron chi connectivity index (χ1n) is 8.38. The molecule has 0 spiro atoms. The monoisotopic (exact) mass is 363 g/mol. The number of halogens is 1. The van der Waals surface area contributed by atoms with Crippen LogP contribution in [0.5, 0.6) is 5.75 Å². The van der Waals surface area contributed by atoms with Crippen LogP contribution in [-0.4, -0.2) is 42.0 Å². The predicted molar refractivity (Wildman–Crippen MR) is 95.6 cm³/mol. The number of nitrogens with one attached hydrogen (secondary N) is 1. The number of aryl methyl sites for hydroxylation is 1. The van der Waals surface area contributed by atoms with Gasteiger partial charge in [-0.15, -0.1) is 11.3 Å². The summed E-state index contributed by atoms with van der Waals surface area (Å²) < 4.78 is 18.5. The van der Waals surface area contributed by atoms with Gasteiger partial charge in [0.2, 0.25) is 0 Å². The fourth-order valence-corrected chi connectivity index (χ4v) is 4.00. The van der Waals surface area contributed by atoms with E-state index in [0.717, 1.165) is 36.6 Å². The minimum atomic E-state index is -0.299. The molecule has 1 unspecified atom stereocenters. The number of thiazole rings is 1. The topological polar surface area (TPSA) is 54.5 Å². The van der Waals surface area contributed by atoms with Crippen molar-refractivity contribution in [3.8, 4) is 5.75 Å². The van der Waals surface area contributed by atoms with Crippen molar-refractivity contribution in [3.05, 3.63) is 45.7 Å². The molecule has 0 saturated carbocycles. The molecule has 2 aromatic rings. The van der Waals surface area contributed by atoms with Gasteiger partial charge in [-0.05, 0) is 51.1 Å². The number of likely N-dealkylation sites (N-methyl/N-ethyl adjacent to an activating group) is 1. The Morgan fingerprint density at radius 1 is 1.44 bits per heavy atom. The van der Waals surface area contributed by atoms with Gasteiger partial charge in [-0.25, -0.2) is 9.37 Å². The fourth-order valence-electron chi connectivity index (χ4n) is 3.07. The smallest absolute Gasteiger partial charge is 0.266 e. The number of hydrogen-bond donors (Lipinski definition) is 1. The van der Waals surface area contributed by atoms with E-state index in [9.17, 15) is 9.18 Å². The Morgan fingerprint density at radius 2 is 2.20 bits per heavy atom. The van der Waals surface area contributed by atoms with Crippen LogP contribution >= 0.6 is 11.3 Å². The number of nitrogens with zero attached hydrogens (tertiary/aromatic N) is 2. The molecule has 1 saturated heterocycles. The van der Waals surface area contributed by atoms with Gasteiger partial charge in [0.05, 0.1) is 5.69 Å². The molecule has 1 N–H and O–H groups in total. The molecule has 7 heteroatoms. The van der Waals surface area contributed by atoms with Gasteiger partial charge in [-0.1, -0.05) is 0 Å². The molecule has 1 fully saturated rings. The minimum Gasteiger partial charge on any atom is -0.486 e. The molecule has 0 aliphatic carbocycles. The molecular weight excluding hydrogens is 341 g/mol. The molecular formula is C18H22FN3O2S. The van der Waals surface area contributed by atoms with Gasteiger partial charge in [0.25, 0.3) is 5.91 Å². The number of benzene rings is 1. The average Bonchev–Trinajstić information content (AvgIpc) is 3.21. The largest absolute Gasteiger partial charge is 0.486 e. The van der Waals surface area contributed by atoms with E-state index in [2.05, 4.69) is 10.3 Å². The fraction of sp³-hybridized carbons (Fsp3) is 0.444. The number of aromatic nitrogens is 1. The molecule has 134 valence electrons. The highest BCUT2D eigenvalue weighted by atomic mass is 32.1. The summed E-state index contributed by atoms with van der Waals surface area (Å²) in [5.41, 5.74) is 0.739. The summed E-state index contributed by atoms with van der Waals surface area (Å²) in [6.45, 7) is 3.73. The molecule has 3 rings (SSSR count). The van der Waals surface area contributed by atoms with Gasteiger partial charge in [0.15, 0.2) is 0 Å². The molecule has 0 bridgehead atoms. The average molecular weight is 363 g/mol. The first-order valence-corrected chi connectivity index (χ1v) is 9.20. The third-order valence-electron chi connectivity index (χ3n) is 4.29. The molecule has 1 aromatic carbocycles. The van der Waals surface area contributed by atoms with E-state index in [4.69, 9.17) is 4.74 Å². The summed E-state index contributed by atoms with van der Waals surface area (Å²) in [5, 5.41) is 3.90. The van der Waals surface area contributed by atoms with Gasteiger partial charge in [-0.3, -0.25) is 4.79 Å². The normalized spacial score (nSPS) is 17.1. The molecule has 1 atom stereocenters. The van der Waals surface area contributed by atoms with Crippen molar-refractivity contribution in [2.75, 3.05) is 20.1 Å². The van der Waals surface area contributed by atoms with Crippen molar-refractivity contribution >= 4 is 17.2 Å². The SMILES string of the molecule is CNCC1CCCN1C(=O)c1sc(COc2ccc(F)cc2)nc1C. The van der Waals surface area contributed by atoms with E-state index in [-0.39, 0.29) is 24.4 Å². The molecule has 2 heterocycles. The van der Waals surface area contributed by atoms with Crippen LogP contribution in [0.15, 0.2) is 24.3 Å². The second-order valence-corrected chi connectivity index (χ2v) is 7.20. The van der Waals surface area contributed by atoms with E-state index < -0.39 is 0 Å². The van der Waals surface area contributed by atoms with Gasteiger partial charge >= 0.3 is 0 Å². The van der Waals surface area contributed by atoms with Crippen LogP contribution in [0.2, 0.25) is 0 Å². The number of hydrogen-bond acceptors (Lipinski definition) is 5. The number of amides is 1. The lowest BCUT2D eigenvalue weighted by molar-refractivity contribution is 0.0741. The van der Waals surface area contributed by atoms with Crippen LogP contribution in [-0.2, 0) is 6.61 Å². The van der Waals surface area contributed by atoms with Crippen molar-refractivity contribution < 1.29 is 13.9 Å². The number of likely N-dealkylation sites (tertiary alicyclic amines) is 1. The number of ether oxygens (including phenoxy) is 1. The number of carbonyl (C=O) groups excluding carboxylic acids is 1. The standard InChI is InChI=1S/C18H22FN3O2S/c1-12-17(18(23)22-9-3-4-14(22)10-20-2)25-16(21-12)11-24-15-7-5-13(19)6-8-15/h5-8,14,20H,3-4,9-11H2,1-2H3. The summed E-state index contributed by atoms with van der Waals surface area (Å²) in [7, 11) is 1.91. The van der Waals surface area contributed by atoms with E-state index in [0.29, 0.717) is 10.6 Å². The van der Waals surface area contributed by atoms with Crippen LogP contribution < -0.4 is 10.1 Å². The van der Waals surface area contributed by atoms with Crippen LogP contribution in [0.1, 0.15) is 33.2 Å². The number of rotatable bonds is 6. The van der Waals surface area contributed by atoms with Gasteiger partial charge in [0.1, 0.15) is 28.1 Å². The molecule has 5 nitrogen and oxygen atoms in total. The highest BCUT2D eigenvalue weighted by Crippen LogP contribution is 2.26. The molecule has 1 aliphatic heterocycles. The van der Waals surface area contributed by atoms with Crippen LogP contribution in [0.4, 0.5) is 4.39 Å². The molecule has 1 aliphatic rings. The maximum Gasteiger partial charge on any atom is 0.266 e. The third kappa shape index (κ3) is 4.16. The lowest BCUT2D eigenvalue weighted by Gasteiger charge is -2.24. The lowest BCUT2D eigenvalue weighted by Crippen LogP contribution is -2.40. The highest BCUT2D eigenvalue weighted by molar-refractivity contribution is 7.13. The minimum absolute atomic E-state index is 0.0563. The number of carbonyl (C=O) groups is 1. The Kier molecular flexibility index (Phi) is 5.65. The van der Waals surface area contributed by atoms with Gasteiger partial charge < -0.3 is 15.0 Å². The molecule has 1 amide bonds. The van der Waals surface area contributed by atoms with E-state index in [1.807, 2.05) is 18.9 Å². The third-order valence-corrected chi connectivity index (χ3v) is 5.41. The first kappa shape index (κ1) is 17.8. The molecule has 25 heavy (non-hydrogen) atoms. The Balaban J connectivity index is 1.67. The first-order chi connectivity index (χ1) is 12.1. The van der Waals surface area contributed by atoms with Gasteiger partial charge in [-0.2, -0.15) is 0 Å².